The van der Waals surface area contributed by atoms with Gasteiger partial charge in [0, 0.05) is 6.54 Å². The number of nitrogens with zero attached hydrogens (tertiary/aromatic N) is 2. The van der Waals surface area contributed by atoms with E-state index >= 15 is 0 Å². The van der Waals surface area contributed by atoms with Crippen LogP contribution in [0, 0.1) is 17.7 Å². The Labute approximate surface area is 123 Å². The Morgan fingerprint density at radius 3 is 3.00 bits per heavy atom. The lowest BCUT2D eigenvalue weighted by Crippen LogP contribution is -2.12. The van der Waals surface area contributed by atoms with Gasteiger partial charge in [-0.05, 0) is 41.7 Å². The van der Waals surface area contributed by atoms with Gasteiger partial charge in [0.1, 0.15) is 6.33 Å². The zero-order valence-corrected chi connectivity index (χ0v) is 12.0. The van der Waals surface area contributed by atoms with E-state index in [9.17, 15) is 4.39 Å². The molecule has 0 radical (unpaired) electrons. The van der Waals surface area contributed by atoms with Gasteiger partial charge in [0.05, 0.1) is 5.69 Å². The maximum Gasteiger partial charge on any atom is 0.186 e. The maximum atomic E-state index is 14.1. The highest BCUT2D eigenvalue weighted by molar-refractivity contribution is 5.45. The molecule has 1 saturated carbocycles. The van der Waals surface area contributed by atoms with Crippen molar-refractivity contribution in [1.82, 2.24) is 9.97 Å². The number of rotatable bonds is 4. The number of anilines is 1. The first-order chi connectivity index (χ1) is 10.3. The van der Waals surface area contributed by atoms with Crippen LogP contribution in [-0.2, 0) is 12.8 Å². The number of aryl methyl sites for hydroxylation is 1. The fraction of sp³-hybridized carbons (Fsp3) is 0.412. The number of hydrogen-bond acceptors (Lipinski definition) is 3. The second kappa shape index (κ2) is 4.79. The summed E-state index contributed by atoms with van der Waals surface area (Å²) in [6.45, 7) is 2.69. The van der Waals surface area contributed by atoms with Gasteiger partial charge < -0.3 is 5.32 Å². The number of hydrogen-bond donors (Lipinski definition) is 1. The van der Waals surface area contributed by atoms with Crippen LogP contribution in [0.25, 0.3) is 0 Å². The predicted molar refractivity (Wildman–Crippen MR) is 79.7 cm³/mol. The van der Waals surface area contributed by atoms with Crippen molar-refractivity contribution in [3.8, 4) is 0 Å². The summed E-state index contributed by atoms with van der Waals surface area (Å²) in [7, 11) is 0. The molecular weight excluding hydrogens is 265 g/mol. The van der Waals surface area contributed by atoms with E-state index in [0.29, 0.717) is 29.8 Å². The van der Waals surface area contributed by atoms with Crippen molar-refractivity contribution in [2.45, 2.75) is 25.7 Å². The average molecular weight is 283 g/mol. The molecule has 0 aliphatic heterocycles. The molecular formula is C17H18FN3. The standard InChI is InChI=1S/C17H18FN3/c1-2-14-16(18)17(21-9-20-14)19-8-13-12-7-10-5-3-4-6-11(10)15(12)13/h3-6,9,12-13,15H,2,7-8H2,1H3,(H,19,20,21). The molecule has 1 fully saturated rings. The predicted octanol–water partition coefficient (Wildman–Crippen LogP) is 3.18. The summed E-state index contributed by atoms with van der Waals surface area (Å²) in [5, 5.41) is 3.18. The van der Waals surface area contributed by atoms with Crippen LogP contribution in [0.2, 0.25) is 0 Å². The zero-order chi connectivity index (χ0) is 14.4. The highest BCUT2D eigenvalue weighted by Crippen LogP contribution is 2.61. The molecule has 2 aliphatic rings. The molecule has 0 spiro atoms. The lowest BCUT2D eigenvalue weighted by molar-refractivity contribution is 0.594. The minimum Gasteiger partial charge on any atom is -0.367 e. The summed E-state index contributed by atoms with van der Waals surface area (Å²) in [6, 6.07) is 8.69. The second-order valence-corrected chi connectivity index (χ2v) is 5.97. The van der Waals surface area contributed by atoms with Gasteiger partial charge in [-0.2, -0.15) is 0 Å². The van der Waals surface area contributed by atoms with Crippen molar-refractivity contribution in [2.75, 3.05) is 11.9 Å². The summed E-state index contributed by atoms with van der Waals surface area (Å²) >= 11 is 0. The van der Waals surface area contributed by atoms with Gasteiger partial charge in [-0.15, -0.1) is 0 Å². The molecule has 21 heavy (non-hydrogen) atoms. The number of aromatic nitrogens is 2. The van der Waals surface area contributed by atoms with Crippen LogP contribution in [-0.4, -0.2) is 16.5 Å². The van der Waals surface area contributed by atoms with Gasteiger partial charge in [0.15, 0.2) is 11.6 Å². The first-order valence-corrected chi connectivity index (χ1v) is 7.60. The van der Waals surface area contributed by atoms with Gasteiger partial charge in [-0.1, -0.05) is 31.2 Å². The monoisotopic (exact) mass is 283 g/mol. The highest BCUT2D eigenvalue weighted by atomic mass is 19.1. The second-order valence-electron chi connectivity index (χ2n) is 5.97. The number of halogens is 1. The molecule has 0 amide bonds. The minimum atomic E-state index is -0.300. The normalized spacial score (nSPS) is 25.3. The molecule has 3 nitrogen and oxygen atoms in total. The first kappa shape index (κ1) is 12.7. The van der Waals surface area contributed by atoms with Crippen LogP contribution in [0.1, 0.15) is 29.7 Å². The Bertz CT molecular complexity index is 685. The molecule has 4 rings (SSSR count). The SMILES string of the molecule is CCc1ncnc(NCC2C3Cc4ccccc4C23)c1F. The molecule has 108 valence electrons. The topological polar surface area (TPSA) is 37.8 Å². The Balaban J connectivity index is 1.44. The van der Waals surface area contributed by atoms with Crippen LogP contribution in [0.15, 0.2) is 30.6 Å². The molecule has 4 heteroatoms. The summed E-state index contributed by atoms with van der Waals surface area (Å²) in [6.07, 6.45) is 3.19. The summed E-state index contributed by atoms with van der Waals surface area (Å²) in [5.41, 5.74) is 3.46. The van der Waals surface area contributed by atoms with Gasteiger partial charge in [-0.25, -0.2) is 14.4 Å². The van der Waals surface area contributed by atoms with E-state index < -0.39 is 0 Å². The fourth-order valence-corrected chi connectivity index (χ4v) is 3.75. The molecule has 3 unspecified atom stereocenters. The largest absolute Gasteiger partial charge is 0.367 e. The highest BCUT2D eigenvalue weighted by Gasteiger charge is 2.54. The van der Waals surface area contributed by atoms with Crippen molar-refractivity contribution in [3.05, 3.63) is 53.2 Å². The van der Waals surface area contributed by atoms with Crippen molar-refractivity contribution >= 4 is 5.82 Å². The molecule has 3 atom stereocenters. The number of fused-ring (bicyclic) bond motifs is 3. The number of benzene rings is 1. The van der Waals surface area contributed by atoms with Crippen molar-refractivity contribution in [2.24, 2.45) is 11.8 Å². The Hall–Kier alpha value is -1.97. The Morgan fingerprint density at radius 2 is 2.14 bits per heavy atom. The molecule has 0 saturated heterocycles. The van der Waals surface area contributed by atoms with Gasteiger partial charge in [-0.3, -0.25) is 0 Å². The van der Waals surface area contributed by atoms with E-state index in [0.717, 1.165) is 12.5 Å². The van der Waals surface area contributed by atoms with Crippen molar-refractivity contribution in [1.29, 1.82) is 0 Å². The van der Waals surface area contributed by atoms with E-state index in [2.05, 4.69) is 39.6 Å². The smallest absolute Gasteiger partial charge is 0.186 e. The third kappa shape index (κ3) is 2.01. The van der Waals surface area contributed by atoms with Gasteiger partial charge in [0.25, 0.3) is 0 Å². The molecule has 2 aromatic rings. The summed E-state index contributed by atoms with van der Waals surface area (Å²) in [4.78, 5) is 7.99. The molecule has 1 aromatic carbocycles. The first-order valence-electron chi connectivity index (χ1n) is 7.60. The summed E-state index contributed by atoms with van der Waals surface area (Å²) in [5.74, 6) is 2.04. The number of nitrogens with one attached hydrogen (secondary N) is 1. The summed E-state index contributed by atoms with van der Waals surface area (Å²) < 4.78 is 14.1. The van der Waals surface area contributed by atoms with Crippen LogP contribution in [0.4, 0.5) is 10.2 Å². The average Bonchev–Trinajstić information content (AvgIpc) is 3.05. The third-order valence-electron chi connectivity index (χ3n) is 4.90. The lowest BCUT2D eigenvalue weighted by atomic mass is 10.0. The molecule has 0 bridgehead atoms. The van der Waals surface area contributed by atoms with E-state index in [1.165, 1.54) is 23.9 Å². The maximum absolute atomic E-state index is 14.1. The van der Waals surface area contributed by atoms with Crippen molar-refractivity contribution < 1.29 is 4.39 Å². The van der Waals surface area contributed by atoms with E-state index in [1.54, 1.807) is 0 Å². The van der Waals surface area contributed by atoms with Gasteiger partial charge in [0.2, 0.25) is 0 Å². The molecule has 1 aromatic heterocycles. The van der Waals surface area contributed by atoms with Crippen LogP contribution < -0.4 is 5.32 Å². The molecule has 1 heterocycles. The van der Waals surface area contributed by atoms with E-state index in [-0.39, 0.29) is 5.82 Å². The fourth-order valence-electron chi connectivity index (χ4n) is 3.75. The van der Waals surface area contributed by atoms with Crippen LogP contribution in [0.5, 0.6) is 0 Å². The zero-order valence-electron chi connectivity index (χ0n) is 12.0. The molecule has 2 aliphatic carbocycles. The van der Waals surface area contributed by atoms with Crippen molar-refractivity contribution in [3.63, 3.8) is 0 Å². The van der Waals surface area contributed by atoms with Crippen LogP contribution in [0.3, 0.4) is 0 Å². The van der Waals surface area contributed by atoms with E-state index in [1.807, 2.05) is 6.92 Å². The quantitative estimate of drug-likeness (QED) is 0.936. The van der Waals surface area contributed by atoms with Crippen LogP contribution >= 0.6 is 0 Å². The van der Waals surface area contributed by atoms with Gasteiger partial charge >= 0.3 is 0 Å². The minimum absolute atomic E-state index is 0.300. The third-order valence-corrected chi connectivity index (χ3v) is 4.90. The van der Waals surface area contributed by atoms with E-state index in [4.69, 9.17) is 0 Å². The Kier molecular flexibility index (Phi) is 2.91. The molecule has 1 N–H and O–H groups in total. The lowest BCUT2D eigenvalue weighted by Gasteiger charge is -2.10. The Morgan fingerprint density at radius 1 is 1.29 bits per heavy atom.